The van der Waals surface area contributed by atoms with Gasteiger partial charge in [0.1, 0.15) is 17.7 Å². The Kier molecular flexibility index (Phi) is 4.73. The summed E-state index contributed by atoms with van der Waals surface area (Å²) in [7, 11) is 0. The number of benzene rings is 1. The molecule has 1 nitrogen and oxygen atoms in total. The Balaban J connectivity index is 1.80. The SMILES string of the molecule is Fc1cc(OC2CC(Cl)C23CCCCCC3)c(Br)cc1Cl. The second-order valence-corrected chi connectivity index (χ2v) is 7.94. The number of alkyl halides is 1. The molecule has 0 radical (unpaired) electrons. The molecule has 2 saturated carbocycles. The van der Waals surface area contributed by atoms with Crippen LogP contribution in [0.5, 0.6) is 5.75 Å². The van der Waals surface area contributed by atoms with Crippen LogP contribution in [0.25, 0.3) is 0 Å². The van der Waals surface area contributed by atoms with Gasteiger partial charge in [0.2, 0.25) is 0 Å². The van der Waals surface area contributed by atoms with Crippen LogP contribution >= 0.6 is 39.1 Å². The normalized spacial score (nSPS) is 28.0. The van der Waals surface area contributed by atoms with Crippen LogP contribution in [0.4, 0.5) is 4.39 Å². The molecule has 0 bridgehead atoms. The molecule has 3 rings (SSSR count). The predicted octanol–water partition coefficient (Wildman–Crippen LogP) is 6.34. The van der Waals surface area contributed by atoms with Gasteiger partial charge in [-0.1, -0.05) is 37.3 Å². The summed E-state index contributed by atoms with van der Waals surface area (Å²) in [5, 5.41) is 0.277. The molecule has 2 atom stereocenters. The Morgan fingerprint density at radius 3 is 2.48 bits per heavy atom. The standard InChI is InChI=1S/C16H18BrCl2FO/c17-10-7-11(18)12(20)8-13(10)21-15-9-14(19)16(15)5-3-1-2-4-6-16/h7-8,14-15H,1-6,9H2. The third-order valence-electron chi connectivity index (χ3n) is 4.96. The number of rotatable bonds is 2. The molecular formula is C16H18BrCl2FO. The van der Waals surface area contributed by atoms with Gasteiger partial charge in [-0.05, 0) is 34.8 Å². The molecule has 116 valence electrons. The van der Waals surface area contributed by atoms with Crippen molar-refractivity contribution in [3.63, 3.8) is 0 Å². The summed E-state index contributed by atoms with van der Waals surface area (Å²) >= 11 is 15.7. The smallest absolute Gasteiger partial charge is 0.145 e. The van der Waals surface area contributed by atoms with Crippen molar-refractivity contribution in [1.29, 1.82) is 0 Å². The van der Waals surface area contributed by atoms with Crippen molar-refractivity contribution in [3.8, 4) is 5.75 Å². The van der Waals surface area contributed by atoms with Crippen molar-refractivity contribution in [3.05, 3.63) is 27.4 Å². The van der Waals surface area contributed by atoms with Gasteiger partial charge in [-0.2, -0.15) is 0 Å². The predicted molar refractivity (Wildman–Crippen MR) is 87.9 cm³/mol. The van der Waals surface area contributed by atoms with Gasteiger partial charge in [-0.15, -0.1) is 11.6 Å². The molecule has 2 aliphatic rings. The van der Waals surface area contributed by atoms with Gasteiger partial charge < -0.3 is 4.74 Å². The van der Waals surface area contributed by atoms with E-state index in [0.717, 1.165) is 19.3 Å². The Morgan fingerprint density at radius 2 is 1.86 bits per heavy atom. The number of halogens is 4. The van der Waals surface area contributed by atoms with E-state index >= 15 is 0 Å². The third-order valence-corrected chi connectivity index (χ3v) is 6.49. The monoisotopic (exact) mass is 394 g/mol. The van der Waals surface area contributed by atoms with Crippen LogP contribution in [0.3, 0.4) is 0 Å². The lowest BCUT2D eigenvalue weighted by molar-refractivity contribution is -0.0517. The van der Waals surface area contributed by atoms with Crippen molar-refractivity contribution in [1.82, 2.24) is 0 Å². The molecule has 2 unspecified atom stereocenters. The van der Waals surface area contributed by atoms with Gasteiger partial charge in [0.05, 0.1) is 9.50 Å². The molecule has 0 saturated heterocycles. The Bertz CT molecular complexity index is 529. The largest absolute Gasteiger partial charge is 0.488 e. The van der Waals surface area contributed by atoms with Gasteiger partial charge in [0.15, 0.2) is 0 Å². The first-order valence-corrected chi connectivity index (χ1v) is 9.09. The molecular weight excluding hydrogens is 378 g/mol. The minimum absolute atomic E-state index is 0.0631. The summed E-state index contributed by atoms with van der Waals surface area (Å²) in [6, 6.07) is 2.90. The topological polar surface area (TPSA) is 9.23 Å². The summed E-state index contributed by atoms with van der Waals surface area (Å²) in [5.41, 5.74) is 0.0631. The highest BCUT2D eigenvalue weighted by atomic mass is 79.9. The van der Waals surface area contributed by atoms with Crippen LogP contribution in [0.15, 0.2) is 16.6 Å². The van der Waals surface area contributed by atoms with Crippen LogP contribution in [0.1, 0.15) is 44.9 Å². The van der Waals surface area contributed by atoms with E-state index in [2.05, 4.69) is 15.9 Å². The van der Waals surface area contributed by atoms with Crippen LogP contribution in [0.2, 0.25) is 5.02 Å². The van der Waals surface area contributed by atoms with Gasteiger partial charge in [-0.25, -0.2) is 4.39 Å². The molecule has 0 aromatic heterocycles. The maximum absolute atomic E-state index is 13.6. The number of hydrogen-bond acceptors (Lipinski definition) is 1. The molecule has 21 heavy (non-hydrogen) atoms. The highest BCUT2D eigenvalue weighted by Crippen LogP contribution is 2.55. The summed E-state index contributed by atoms with van der Waals surface area (Å²) in [5.74, 6) is 0.0700. The van der Waals surface area contributed by atoms with Crippen molar-refractivity contribution in [2.45, 2.75) is 56.4 Å². The second kappa shape index (κ2) is 6.25. The van der Waals surface area contributed by atoms with Gasteiger partial charge in [0.25, 0.3) is 0 Å². The van der Waals surface area contributed by atoms with Crippen LogP contribution in [-0.4, -0.2) is 11.5 Å². The van der Waals surface area contributed by atoms with E-state index in [1.807, 2.05) is 0 Å². The lowest BCUT2D eigenvalue weighted by Gasteiger charge is -2.53. The molecule has 1 aromatic carbocycles. The maximum Gasteiger partial charge on any atom is 0.145 e. The molecule has 0 amide bonds. The first-order valence-electron chi connectivity index (χ1n) is 7.48. The van der Waals surface area contributed by atoms with E-state index in [1.54, 1.807) is 6.07 Å². The molecule has 0 aliphatic heterocycles. The summed E-state index contributed by atoms with van der Waals surface area (Å²) in [4.78, 5) is 0. The van der Waals surface area contributed by atoms with E-state index in [-0.39, 0.29) is 21.9 Å². The maximum atomic E-state index is 13.6. The van der Waals surface area contributed by atoms with Gasteiger partial charge in [0, 0.05) is 23.3 Å². The molecule has 0 heterocycles. The fourth-order valence-corrected chi connectivity index (χ4v) is 4.89. The van der Waals surface area contributed by atoms with Crippen molar-refractivity contribution < 1.29 is 9.13 Å². The Labute approximate surface area is 143 Å². The van der Waals surface area contributed by atoms with Crippen molar-refractivity contribution in [2.75, 3.05) is 0 Å². The highest BCUT2D eigenvalue weighted by Gasteiger charge is 2.55. The third kappa shape index (κ3) is 2.94. The zero-order valence-electron chi connectivity index (χ0n) is 11.7. The average Bonchev–Trinajstić information content (AvgIpc) is 2.72. The minimum atomic E-state index is -0.452. The second-order valence-electron chi connectivity index (χ2n) is 6.15. The van der Waals surface area contributed by atoms with Gasteiger partial charge >= 0.3 is 0 Å². The molecule has 1 spiro atoms. The lowest BCUT2D eigenvalue weighted by atomic mass is 9.61. The van der Waals surface area contributed by atoms with Crippen LogP contribution in [0, 0.1) is 11.2 Å². The average molecular weight is 396 g/mol. The fraction of sp³-hybridized carbons (Fsp3) is 0.625. The fourth-order valence-electron chi connectivity index (χ4n) is 3.63. The number of hydrogen-bond donors (Lipinski definition) is 0. The summed E-state index contributed by atoms with van der Waals surface area (Å²) in [6.07, 6.45) is 8.10. The summed E-state index contributed by atoms with van der Waals surface area (Å²) in [6.45, 7) is 0. The Morgan fingerprint density at radius 1 is 1.19 bits per heavy atom. The van der Waals surface area contributed by atoms with E-state index in [0.29, 0.717) is 10.2 Å². The van der Waals surface area contributed by atoms with Crippen molar-refractivity contribution >= 4 is 39.1 Å². The van der Waals surface area contributed by atoms with Crippen LogP contribution < -0.4 is 4.74 Å². The zero-order chi connectivity index (χ0) is 15.0. The highest BCUT2D eigenvalue weighted by molar-refractivity contribution is 9.10. The van der Waals surface area contributed by atoms with E-state index in [9.17, 15) is 4.39 Å². The first-order chi connectivity index (χ1) is 10.0. The number of ether oxygens (including phenoxy) is 1. The quantitative estimate of drug-likeness (QED) is 0.419. The summed E-state index contributed by atoms with van der Waals surface area (Å²) < 4.78 is 20.4. The first kappa shape index (κ1) is 15.9. The zero-order valence-corrected chi connectivity index (χ0v) is 14.8. The molecule has 2 fully saturated rings. The van der Waals surface area contributed by atoms with E-state index in [1.165, 1.54) is 31.7 Å². The minimum Gasteiger partial charge on any atom is -0.488 e. The van der Waals surface area contributed by atoms with Crippen LogP contribution in [-0.2, 0) is 0 Å². The molecule has 5 heteroatoms. The van der Waals surface area contributed by atoms with Gasteiger partial charge in [-0.3, -0.25) is 0 Å². The lowest BCUT2D eigenvalue weighted by Crippen LogP contribution is -2.57. The Hall–Kier alpha value is 0.01000. The molecule has 1 aromatic rings. The van der Waals surface area contributed by atoms with E-state index in [4.69, 9.17) is 27.9 Å². The molecule has 0 N–H and O–H groups in total. The van der Waals surface area contributed by atoms with E-state index < -0.39 is 5.82 Å². The molecule has 2 aliphatic carbocycles. The van der Waals surface area contributed by atoms with Crippen molar-refractivity contribution in [2.24, 2.45) is 5.41 Å².